The third-order valence-corrected chi connectivity index (χ3v) is 6.30. The normalized spacial score (nSPS) is 12.3. The number of carbonyl (C=O) groups is 1. The highest BCUT2D eigenvalue weighted by atomic mass is 31.1. The Hall–Kier alpha value is -2.22. The number of hydrogen-bond acceptors (Lipinski definition) is 3. The second-order valence-corrected chi connectivity index (χ2v) is 7.68. The maximum absolute atomic E-state index is 12.8. The summed E-state index contributed by atoms with van der Waals surface area (Å²) in [6.07, 6.45) is 0. The second kappa shape index (κ2) is 6.95. The van der Waals surface area contributed by atoms with Gasteiger partial charge in [0, 0.05) is 23.5 Å². The number of aryl methyl sites for hydroxylation is 1. The molecule has 0 aliphatic heterocycles. The van der Waals surface area contributed by atoms with Crippen molar-refractivity contribution in [2.24, 2.45) is 0 Å². The minimum absolute atomic E-state index is 0.0404. The van der Waals surface area contributed by atoms with E-state index in [1.54, 1.807) is 12.1 Å². The Bertz CT molecular complexity index is 991. The Labute approximate surface area is 148 Å². The van der Waals surface area contributed by atoms with E-state index in [9.17, 15) is 9.36 Å². The van der Waals surface area contributed by atoms with Crippen LogP contribution >= 0.6 is 8.03 Å². The fourth-order valence-corrected chi connectivity index (χ4v) is 4.34. The molecule has 0 radical (unpaired) electrons. The number of rotatable bonds is 4. The number of carbonyl (C=O) groups excluding carboxylic acids is 1. The molecular weight excluding hydrogens is 331 g/mol. The second-order valence-electron chi connectivity index (χ2n) is 6.20. The van der Waals surface area contributed by atoms with Gasteiger partial charge >= 0.3 is 0 Å². The van der Waals surface area contributed by atoms with Crippen LogP contribution in [0.4, 0.5) is 0 Å². The Kier molecular flexibility index (Phi) is 4.89. The Morgan fingerprint density at radius 1 is 0.840 bits per heavy atom. The predicted octanol–water partition coefficient (Wildman–Crippen LogP) is 4.74. The van der Waals surface area contributed by atoms with Gasteiger partial charge in [-0.3, -0.25) is 9.36 Å². The molecule has 0 aliphatic carbocycles. The summed E-state index contributed by atoms with van der Waals surface area (Å²) in [5.41, 5.74) is 4.46. The standard InChI is InChI=1S/C21H21O3P/c1-13-14(2)18-11-10-17(20(22)16-8-6-5-7-9-16)12-19(18)21(15(13)3)25(23)24-4/h5-12,25H,1-4H3. The summed E-state index contributed by atoms with van der Waals surface area (Å²) >= 11 is 0. The van der Waals surface area contributed by atoms with Gasteiger partial charge in [-0.25, -0.2) is 0 Å². The maximum Gasteiger partial charge on any atom is 0.221 e. The van der Waals surface area contributed by atoms with E-state index in [2.05, 4.69) is 6.92 Å². The van der Waals surface area contributed by atoms with Gasteiger partial charge < -0.3 is 4.52 Å². The summed E-state index contributed by atoms with van der Waals surface area (Å²) in [5.74, 6) is -0.0404. The molecule has 0 amide bonds. The van der Waals surface area contributed by atoms with Crippen molar-refractivity contribution in [3.05, 3.63) is 76.3 Å². The van der Waals surface area contributed by atoms with Gasteiger partial charge in [0.2, 0.25) is 8.03 Å². The van der Waals surface area contributed by atoms with Crippen molar-refractivity contribution in [2.75, 3.05) is 7.11 Å². The Balaban J connectivity index is 2.28. The van der Waals surface area contributed by atoms with Crippen LogP contribution in [0.25, 0.3) is 10.8 Å². The number of fused-ring (bicyclic) bond motifs is 1. The van der Waals surface area contributed by atoms with E-state index in [1.807, 2.05) is 50.2 Å². The topological polar surface area (TPSA) is 43.4 Å². The van der Waals surface area contributed by atoms with Crippen molar-refractivity contribution in [2.45, 2.75) is 20.8 Å². The molecule has 1 unspecified atom stereocenters. The quantitative estimate of drug-likeness (QED) is 0.503. The van der Waals surface area contributed by atoms with Crippen molar-refractivity contribution in [1.29, 1.82) is 0 Å². The summed E-state index contributed by atoms with van der Waals surface area (Å²) in [6.45, 7) is 6.04. The van der Waals surface area contributed by atoms with Gasteiger partial charge in [0.15, 0.2) is 5.78 Å². The zero-order chi connectivity index (χ0) is 18.1. The lowest BCUT2D eigenvalue weighted by molar-refractivity contribution is 0.103. The molecule has 0 aliphatic rings. The minimum atomic E-state index is -2.37. The zero-order valence-corrected chi connectivity index (χ0v) is 15.8. The molecule has 3 nitrogen and oxygen atoms in total. The third kappa shape index (κ3) is 3.06. The lowest BCUT2D eigenvalue weighted by Gasteiger charge is -2.16. The van der Waals surface area contributed by atoms with Gasteiger partial charge in [-0.15, -0.1) is 0 Å². The molecule has 0 fully saturated rings. The van der Waals surface area contributed by atoms with Gasteiger partial charge in [-0.2, -0.15) is 0 Å². The molecule has 4 heteroatoms. The highest BCUT2D eigenvalue weighted by Gasteiger charge is 2.18. The first-order chi connectivity index (χ1) is 12.0. The van der Waals surface area contributed by atoms with Crippen LogP contribution in [0.1, 0.15) is 32.6 Å². The smallest absolute Gasteiger partial charge is 0.221 e. The van der Waals surface area contributed by atoms with E-state index in [1.165, 1.54) is 7.11 Å². The molecule has 0 bridgehead atoms. The highest BCUT2D eigenvalue weighted by Crippen LogP contribution is 2.33. The molecule has 0 saturated carbocycles. The SMILES string of the molecule is CO[PH](=O)c1c(C)c(C)c(C)c2ccc(C(=O)c3ccccc3)cc12. The van der Waals surface area contributed by atoms with E-state index in [-0.39, 0.29) is 5.78 Å². The van der Waals surface area contributed by atoms with Crippen LogP contribution in [-0.2, 0) is 9.09 Å². The van der Waals surface area contributed by atoms with Gasteiger partial charge in [0.05, 0.1) is 0 Å². The van der Waals surface area contributed by atoms with E-state index in [0.29, 0.717) is 16.4 Å². The first-order valence-electron chi connectivity index (χ1n) is 8.17. The van der Waals surface area contributed by atoms with Crippen LogP contribution in [0.2, 0.25) is 0 Å². The molecule has 3 rings (SSSR count). The first kappa shape index (κ1) is 17.6. The molecule has 128 valence electrons. The monoisotopic (exact) mass is 352 g/mol. The molecule has 0 heterocycles. The van der Waals surface area contributed by atoms with E-state index in [0.717, 1.165) is 27.5 Å². The molecule has 3 aromatic carbocycles. The number of ketones is 1. The first-order valence-corrected chi connectivity index (χ1v) is 9.49. The van der Waals surface area contributed by atoms with Crippen molar-refractivity contribution in [3.8, 4) is 0 Å². The largest absolute Gasteiger partial charge is 0.331 e. The van der Waals surface area contributed by atoms with Crippen molar-refractivity contribution < 1.29 is 13.9 Å². The van der Waals surface area contributed by atoms with Crippen LogP contribution in [0.3, 0.4) is 0 Å². The minimum Gasteiger partial charge on any atom is -0.331 e. The fourth-order valence-electron chi connectivity index (χ4n) is 3.21. The van der Waals surface area contributed by atoms with E-state index in [4.69, 9.17) is 4.52 Å². The average Bonchev–Trinajstić information content (AvgIpc) is 2.65. The summed E-state index contributed by atoms with van der Waals surface area (Å²) in [5, 5.41) is 2.57. The molecule has 25 heavy (non-hydrogen) atoms. The lowest BCUT2D eigenvalue weighted by Crippen LogP contribution is -2.10. The van der Waals surface area contributed by atoms with Crippen LogP contribution in [0, 0.1) is 20.8 Å². The molecule has 0 spiro atoms. The summed E-state index contributed by atoms with van der Waals surface area (Å²) in [4.78, 5) is 12.8. The van der Waals surface area contributed by atoms with Crippen LogP contribution in [-0.4, -0.2) is 12.9 Å². The molecule has 0 N–H and O–H groups in total. The number of hydrogen-bond donors (Lipinski definition) is 0. The molecular formula is C21H21O3P. The van der Waals surface area contributed by atoms with E-state index < -0.39 is 8.03 Å². The predicted molar refractivity (Wildman–Crippen MR) is 104 cm³/mol. The molecule has 1 atom stereocenters. The third-order valence-electron chi connectivity index (χ3n) is 4.88. The van der Waals surface area contributed by atoms with Crippen LogP contribution in [0.5, 0.6) is 0 Å². The number of benzene rings is 3. The molecule has 0 saturated heterocycles. The molecule has 0 aromatic heterocycles. The zero-order valence-electron chi connectivity index (χ0n) is 14.8. The van der Waals surface area contributed by atoms with Crippen molar-refractivity contribution >= 4 is 29.9 Å². The average molecular weight is 352 g/mol. The van der Waals surface area contributed by atoms with E-state index >= 15 is 0 Å². The van der Waals surface area contributed by atoms with Crippen LogP contribution in [0.15, 0.2) is 48.5 Å². The maximum atomic E-state index is 12.8. The summed E-state index contributed by atoms with van der Waals surface area (Å²) in [6, 6.07) is 14.8. The summed E-state index contributed by atoms with van der Waals surface area (Å²) in [7, 11) is -0.908. The Morgan fingerprint density at radius 3 is 2.16 bits per heavy atom. The van der Waals surface area contributed by atoms with Gasteiger partial charge in [0.1, 0.15) is 0 Å². The van der Waals surface area contributed by atoms with Gasteiger partial charge in [0.25, 0.3) is 0 Å². The van der Waals surface area contributed by atoms with Gasteiger partial charge in [-0.05, 0) is 54.3 Å². The summed E-state index contributed by atoms with van der Waals surface area (Å²) < 4.78 is 17.7. The fraction of sp³-hybridized carbons (Fsp3) is 0.190. The highest BCUT2D eigenvalue weighted by molar-refractivity contribution is 7.49. The molecule has 3 aromatic rings. The van der Waals surface area contributed by atoms with Crippen molar-refractivity contribution in [3.63, 3.8) is 0 Å². The van der Waals surface area contributed by atoms with Gasteiger partial charge in [-0.1, -0.05) is 42.5 Å². The van der Waals surface area contributed by atoms with Crippen molar-refractivity contribution in [1.82, 2.24) is 0 Å². The lowest BCUT2D eigenvalue weighted by atomic mass is 9.93. The van der Waals surface area contributed by atoms with Crippen LogP contribution < -0.4 is 5.30 Å². The Morgan fingerprint density at radius 2 is 1.52 bits per heavy atom.